The highest BCUT2D eigenvalue weighted by Gasteiger charge is 2.25. The molecule has 0 aromatic carbocycles. The fraction of sp³-hybridized carbons (Fsp3) is 0.750. The summed E-state index contributed by atoms with van der Waals surface area (Å²) in [5.41, 5.74) is 0. The molecule has 0 fully saturated rings. The molecular formula is C68H120NO8+. The molecule has 0 aliphatic heterocycles. The van der Waals surface area contributed by atoms with Crippen molar-refractivity contribution in [3.05, 3.63) is 85.1 Å². The first kappa shape index (κ1) is 73.5. The molecule has 2 unspecified atom stereocenters. The van der Waals surface area contributed by atoms with Crippen molar-refractivity contribution >= 4 is 17.9 Å². The van der Waals surface area contributed by atoms with Crippen LogP contribution < -0.4 is 0 Å². The summed E-state index contributed by atoms with van der Waals surface area (Å²) in [5.74, 6) is -2.02. The fourth-order valence-corrected chi connectivity index (χ4v) is 8.79. The number of nitrogens with zero attached hydrogens (tertiary/aromatic N) is 1. The predicted octanol–water partition coefficient (Wildman–Crippen LogP) is 19.1. The minimum atomic E-state index is -1.51. The van der Waals surface area contributed by atoms with Gasteiger partial charge in [-0.1, -0.05) is 259 Å². The van der Waals surface area contributed by atoms with Crippen LogP contribution in [-0.2, 0) is 33.3 Å². The highest BCUT2D eigenvalue weighted by atomic mass is 16.7. The standard InChI is InChI=1S/C68H119NO8/c1-6-8-10-12-14-16-18-20-21-22-23-24-25-26-27-28-29-30-31-32-33-34-35-36-37-38-39-40-41-42-43-44-45-47-49-51-53-55-57-59-66(71)77-64(63-76-68(67(72)73)74-61-60-69(3,4)5)62-75-65(70)58-56-54-52-50-48-46-19-17-15-13-11-9-7-2/h8,10-11,13-14,16-17,19-21,23-24,26-27,64,68H,6-7,9,12,15,18,22,25,28-63H2,1-5H3/p+1/b10-8-,13-11-,16-14-,19-17-,21-20-,24-23-,27-26-. The Morgan fingerprint density at radius 3 is 1.10 bits per heavy atom. The molecule has 1 N–H and O–H groups in total. The molecule has 0 saturated heterocycles. The molecule has 0 aromatic rings. The number of aliphatic carboxylic acids is 1. The molecule has 2 atom stereocenters. The Balaban J connectivity index is 3.97. The van der Waals surface area contributed by atoms with Crippen molar-refractivity contribution in [3.63, 3.8) is 0 Å². The summed E-state index contributed by atoms with van der Waals surface area (Å²) in [6.45, 7) is 4.69. The highest BCUT2D eigenvalue weighted by Crippen LogP contribution is 2.17. The van der Waals surface area contributed by atoms with Crippen molar-refractivity contribution in [1.29, 1.82) is 0 Å². The van der Waals surface area contributed by atoms with E-state index < -0.39 is 24.3 Å². The van der Waals surface area contributed by atoms with Gasteiger partial charge in [0.2, 0.25) is 0 Å². The lowest BCUT2D eigenvalue weighted by atomic mass is 10.0. The first-order valence-electron chi connectivity index (χ1n) is 31.8. The Bertz CT molecular complexity index is 1540. The predicted molar refractivity (Wildman–Crippen MR) is 327 cm³/mol. The third-order valence-electron chi connectivity index (χ3n) is 13.6. The van der Waals surface area contributed by atoms with Crippen molar-refractivity contribution in [2.24, 2.45) is 0 Å². The second kappa shape index (κ2) is 58.6. The largest absolute Gasteiger partial charge is 0.477 e. The van der Waals surface area contributed by atoms with Crippen molar-refractivity contribution in [2.75, 3.05) is 47.5 Å². The number of likely N-dealkylation sites (N-methyl/N-ethyl adjacent to an activating group) is 1. The second-order valence-electron chi connectivity index (χ2n) is 22.3. The van der Waals surface area contributed by atoms with Crippen LogP contribution in [0.3, 0.4) is 0 Å². The Morgan fingerprint density at radius 1 is 0.403 bits per heavy atom. The number of quaternary nitrogens is 1. The van der Waals surface area contributed by atoms with Gasteiger partial charge in [-0.05, 0) is 83.5 Å². The highest BCUT2D eigenvalue weighted by molar-refractivity contribution is 5.71. The average Bonchev–Trinajstić information content (AvgIpc) is 3.40. The maximum absolute atomic E-state index is 12.9. The zero-order chi connectivity index (χ0) is 56.2. The van der Waals surface area contributed by atoms with Gasteiger partial charge in [-0.15, -0.1) is 0 Å². The number of rotatable bonds is 58. The minimum absolute atomic E-state index is 0.184. The summed E-state index contributed by atoms with van der Waals surface area (Å²) in [7, 11) is 5.96. The van der Waals surface area contributed by atoms with E-state index in [0.29, 0.717) is 11.0 Å². The van der Waals surface area contributed by atoms with Gasteiger partial charge in [0, 0.05) is 12.8 Å². The smallest absolute Gasteiger partial charge is 0.361 e. The number of carboxylic acids is 1. The second-order valence-corrected chi connectivity index (χ2v) is 22.3. The van der Waals surface area contributed by atoms with Gasteiger partial charge < -0.3 is 28.5 Å². The van der Waals surface area contributed by atoms with E-state index in [2.05, 4.69) is 98.9 Å². The van der Waals surface area contributed by atoms with Crippen LogP contribution in [0.4, 0.5) is 0 Å². The Hall–Kier alpha value is -3.53. The van der Waals surface area contributed by atoms with Crippen LogP contribution in [0, 0.1) is 0 Å². The molecule has 9 nitrogen and oxygen atoms in total. The van der Waals surface area contributed by atoms with Crippen LogP contribution >= 0.6 is 0 Å². The average molecular weight is 1080 g/mol. The molecule has 9 heteroatoms. The molecule has 77 heavy (non-hydrogen) atoms. The van der Waals surface area contributed by atoms with Gasteiger partial charge in [0.15, 0.2) is 6.10 Å². The lowest BCUT2D eigenvalue weighted by Crippen LogP contribution is -2.40. The van der Waals surface area contributed by atoms with E-state index >= 15 is 0 Å². The van der Waals surface area contributed by atoms with E-state index in [0.717, 1.165) is 103 Å². The molecule has 0 saturated carbocycles. The van der Waals surface area contributed by atoms with Crippen LogP contribution in [0.1, 0.15) is 271 Å². The van der Waals surface area contributed by atoms with Crippen LogP contribution in [0.15, 0.2) is 85.1 Å². The molecule has 0 radical (unpaired) electrons. The van der Waals surface area contributed by atoms with E-state index in [9.17, 15) is 19.5 Å². The molecule has 0 rings (SSSR count). The third kappa shape index (κ3) is 60.0. The monoisotopic (exact) mass is 1080 g/mol. The fourth-order valence-electron chi connectivity index (χ4n) is 8.79. The molecule has 0 heterocycles. The number of esters is 2. The first-order valence-corrected chi connectivity index (χ1v) is 31.8. The van der Waals surface area contributed by atoms with E-state index in [4.69, 9.17) is 18.9 Å². The van der Waals surface area contributed by atoms with E-state index in [1.807, 2.05) is 21.1 Å². The number of allylic oxidation sites excluding steroid dienone is 14. The van der Waals surface area contributed by atoms with Crippen molar-refractivity contribution in [1.82, 2.24) is 0 Å². The van der Waals surface area contributed by atoms with Crippen LogP contribution in [0.5, 0.6) is 0 Å². The molecule has 0 aliphatic rings. The number of carboxylic acid groups (broad SMARTS) is 1. The number of ether oxygens (including phenoxy) is 4. The van der Waals surface area contributed by atoms with Crippen LogP contribution in [-0.4, -0.2) is 87.4 Å². The van der Waals surface area contributed by atoms with Crippen molar-refractivity contribution < 1.29 is 42.9 Å². The lowest BCUT2D eigenvalue weighted by Gasteiger charge is -2.25. The molecular weight excluding hydrogens is 959 g/mol. The zero-order valence-corrected chi connectivity index (χ0v) is 50.6. The topological polar surface area (TPSA) is 108 Å². The number of unbranched alkanes of at least 4 members (excludes halogenated alkanes) is 29. The first-order chi connectivity index (χ1) is 37.6. The van der Waals surface area contributed by atoms with Crippen molar-refractivity contribution in [3.8, 4) is 0 Å². The maximum Gasteiger partial charge on any atom is 0.361 e. The molecule has 0 aliphatic carbocycles. The molecule has 0 aromatic heterocycles. The van der Waals surface area contributed by atoms with Crippen LogP contribution in [0.25, 0.3) is 0 Å². The number of carbonyl (C=O) groups is 3. The Morgan fingerprint density at radius 2 is 0.740 bits per heavy atom. The quantitative estimate of drug-likeness (QED) is 0.0211. The molecule has 444 valence electrons. The summed E-state index contributed by atoms with van der Waals surface area (Å²) in [6, 6.07) is 0. The summed E-state index contributed by atoms with van der Waals surface area (Å²) in [5, 5.41) is 9.70. The number of carbonyl (C=O) groups excluding carboxylic acids is 2. The van der Waals surface area contributed by atoms with E-state index in [-0.39, 0.29) is 38.6 Å². The van der Waals surface area contributed by atoms with E-state index in [1.54, 1.807) is 0 Å². The summed E-state index contributed by atoms with van der Waals surface area (Å²) in [4.78, 5) is 37.4. The van der Waals surface area contributed by atoms with Gasteiger partial charge in [0.05, 0.1) is 34.4 Å². The normalized spacial score (nSPS) is 13.3. The Kier molecular flexibility index (Phi) is 55.9. The third-order valence-corrected chi connectivity index (χ3v) is 13.6. The SMILES string of the molecule is CC/C=C\C/C=C\C/C=C\C/C=C\C/C=C\CCCCCCCCCCCCCCCCCCCCCCCCCC(=O)OC(COC(=O)CCCCCCC/C=C\C/C=C\CCC)COC(OCC[N+](C)(C)C)C(=O)O. The maximum atomic E-state index is 12.9. The lowest BCUT2D eigenvalue weighted by molar-refractivity contribution is -0.870. The summed E-state index contributed by atoms with van der Waals surface area (Å²) >= 11 is 0. The van der Waals surface area contributed by atoms with Gasteiger partial charge in [0.1, 0.15) is 13.2 Å². The van der Waals surface area contributed by atoms with Gasteiger partial charge in [-0.2, -0.15) is 0 Å². The van der Waals surface area contributed by atoms with Crippen LogP contribution in [0.2, 0.25) is 0 Å². The minimum Gasteiger partial charge on any atom is -0.477 e. The molecule has 0 amide bonds. The van der Waals surface area contributed by atoms with Gasteiger partial charge >= 0.3 is 17.9 Å². The molecule has 0 spiro atoms. The van der Waals surface area contributed by atoms with Gasteiger partial charge in [0.25, 0.3) is 6.29 Å². The van der Waals surface area contributed by atoms with E-state index in [1.165, 1.54) is 141 Å². The number of hydrogen-bond donors (Lipinski definition) is 1. The van der Waals surface area contributed by atoms with Crippen molar-refractivity contribution in [2.45, 2.75) is 283 Å². The van der Waals surface area contributed by atoms with Gasteiger partial charge in [-0.25, -0.2) is 4.79 Å². The Labute approximate surface area is 474 Å². The zero-order valence-electron chi connectivity index (χ0n) is 50.6. The number of hydrogen-bond acceptors (Lipinski definition) is 7. The summed E-state index contributed by atoms with van der Waals surface area (Å²) < 4.78 is 22.9. The summed E-state index contributed by atoms with van der Waals surface area (Å²) in [6.07, 6.45) is 75.6. The van der Waals surface area contributed by atoms with Gasteiger partial charge in [-0.3, -0.25) is 9.59 Å². The molecule has 0 bridgehead atoms.